The van der Waals surface area contributed by atoms with Gasteiger partial charge in [0.25, 0.3) is 0 Å². The lowest BCUT2D eigenvalue weighted by Crippen LogP contribution is -2.56. The maximum absolute atomic E-state index is 12.4. The first kappa shape index (κ1) is 23.3. The second kappa shape index (κ2) is 8.06. The molecule has 1 aromatic rings. The minimum absolute atomic E-state index is 0.0671. The monoisotopic (exact) mass is 466 g/mol. The average Bonchev–Trinajstić information content (AvgIpc) is 3.37. The van der Waals surface area contributed by atoms with Crippen molar-refractivity contribution in [3.63, 3.8) is 0 Å². The number of rotatable bonds is 2. The summed E-state index contributed by atoms with van der Waals surface area (Å²) >= 11 is 1.42. The molecule has 8 atom stereocenters. The van der Waals surface area contributed by atoms with Crippen LogP contribution in [-0.2, 0) is 4.79 Å². The summed E-state index contributed by atoms with van der Waals surface area (Å²) in [5.74, 6) is 9.79. The van der Waals surface area contributed by atoms with Crippen LogP contribution in [0.2, 0.25) is 0 Å². The van der Waals surface area contributed by atoms with E-state index in [-0.39, 0.29) is 22.5 Å². The molecule has 0 aromatic carbocycles. The zero-order chi connectivity index (χ0) is 23.6. The Labute approximate surface area is 202 Å². The molecular formula is C29H38O3S. The maximum atomic E-state index is 12.4. The van der Waals surface area contributed by atoms with Crippen LogP contribution in [0.3, 0.4) is 0 Å². The molecule has 5 rings (SSSR count). The van der Waals surface area contributed by atoms with Gasteiger partial charge in [0, 0.05) is 5.92 Å². The van der Waals surface area contributed by atoms with E-state index < -0.39 is 5.60 Å². The molecule has 33 heavy (non-hydrogen) atoms. The first-order chi connectivity index (χ1) is 15.6. The van der Waals surface area contributed by atoms with E-state index in [2.05, 4.69) is 25.7 Å². The standard InChI is InChI=1S/C29H38O3S/c1-18(30)23-8-9-24-22-7-5-20-17-29(32,14-11-21-6-10-26(33-21)19(2)31)16-15-27(20,3)25(22)12-13-28(23,24)4/h6,10,20,22-25,32H,5,7-9,12-13,15-17H2,1-4H3/t20?,22-,23+,24-,25-,27-,28+,29?/m0/s1. The van der Waals surface area contributed by atoms with E-state index in [1.807, 2.05) is 19.1 Å². The van der Waals surface area contributed by atoms with Gasteiger partial charge >= 0.3 is 0 Å². The molecule has 178 valence electrons. The van der Waals surface area contributed by atoms with Gasteiger partial charge in [0.1, 0.15) is 11.4 Å². The van der Waals surface area contributed by atoms with Crippen LogP contribution in [0.4, 0.5) is 0 Å². The third kappa shape index (κ3) is 3.75. The predicted octanol–water partition coefficient (Wildman–Crippen LogP) is 6.28. The quantitative estimate of drug-likeness (QED) is 0.412. The van der Waals surface area contributed by atoms with Crippen LogP contribution in [0.15, 0.2) is 12.1 Å². The van der Waals surface area contributed by atoms with Gasteiger partial charge in [-0.3, -0.25) is 9.59 Å². The van der Waals surface area contributed by atoms with Gasteiger partial charge in [-0.25, -0.2) is 0 Å². The summed E-state index contributed by atoms with van der Waals surface area (Å²) in [6, 6.07) is 3.72. The fraction of sp³-hybridized carbons (Fsp3) is 0.724. The molecule has 3 nitrogen and oxygen atoms in total. The van der Waals surface area contributed by atoms with Crippen molar-refractivity contribution in [2.24, 2.45) is 40.4 Å². The Morgan fingerprint density at radius 1 is 0.970 bits per heavy atom. The van der Waals surface area contributed by atoms with Gasteiger partial charge in [-0.15, -0.1) is 11.3 Å². The normalized spacial score (nSPS) is 44.1. The Kier molecular flexibility index (Phi) is 5.69. The largest absolute Gasteiger partial charge is 0.378 e. The highest BCUT2D eigenvalue weighted by Crippen LogP contribution is 2.68. The van der Waals surface area contributed by atoms with Crippen LogP contribution < -0.4 is 0 Å². The summed E-state index contributed by atoms with van der Waals surface area (Å²) in [5, 5.41) is 11.4. The lowest BCUT2D eigenvalue weighted by atomic mass is 9.44. The molecule has 4 aliphatic rings. The second-order valence-corrected chi connectivity index (χ2v) is 13.2. The summed E-state index contributed by atoms with van der Waals surface area (Å²) < 4.78 is 0. The molecular weight excluding hydrogens is 428 g/mol. The fourth-order valence-corrected chi connectivity index (χ4v) is 9.55. The van der Waals surface area contributed by atoms with E-state index in [9.17, 15) is 14.7 Å². The molecule has 1 heterocycles. The highest BCUT2D eigenvalue weighted by molar-refractivity contribution is 7.14. The molecule has 4 saturated carbocycles. The molecule has 4 fully saturated rings. The molecule has 2 unspecified atom stereocenters. The van der Waals surface area contributed by atoms with Gasteiger partial charge in [-0.2, -0.15) is 0 Å². The summed E-state index contributed by atoms with van der Waals surface area (Å²) in [4.78, 5) is 25.5. The number of carbonyl (C=O) groups excluding carboxylic acids is 2. The van der Waals surface area contributed by atoms with E-state index in [1.165, 1.54) is 43.4 Å². The van der Waals surface area contributed by atoms with Crippen LogP contribution in [0.1, 0.15) is 100 Å². The van der Waals surface area contributed by atoms with Crippen molar-refractivity contribution in [2.45, 2.75) is 91.1 Å². The Morgan fingerprint density at radius 2 is 1.73 bits per heavy atom. The van der Waals surface area contributed by atoms with E-state index in [4.69, 9.17) is 0 Å². The SMILES string of the molecule is CC(=O)c1ccc(C#CC2(O)CC[C@@]3(C)C(CC[C@H]4[C@@H]5CC[C@H](C(C)=O)[C@@]5(C)CC[C@@H]43)C2)s1. The first-order valence-electron chi connectivity index (χ1n) is 12.9. The summed E-state index contributed by atoms with van der Waals surface area (Å²) in [6.07, 6.45) is 9.69. The van der Waals surface area contributed by atoms with Crippen molar-refractivity contribution in [2.75, 3.05) is 0 Å². The maximum Gasteiger partial charge on any atom is 0.169 e. The fourth-order valence-electron chi connectivity index (χ4n) is 8.80. The molecule has 0 aliphatic heterocycles. The first-order valence-corrected chi connectivity index (χ1v) is 13.7. The summed E-state index contributed by atoms with van der Waals surface area (Å²) in [5.41, 5.74) is -0.443. The average molecular weight is 467 g/mol. The zero-order valence-electron chi connectivity index (χ0n) is 20.6. The highest BCUT2D eigenvalue weighted by atomic mass is 32.1. The van der Waals surface area contributed by atoms with Crippen LogP contribution in [0.5, 0.6) is 0 Å². The molecule has 4 aliphatic carbocycles. The Morgan fingerprint density at radius 3 is 2.42 bits per heavy atom. The van der Waals surface area contributed by atoms with Gasteiger partial charge in [0.2, 0.25) is 0 Å². The molecule has 1 aromatic heterocycles. The van der Waals surface area contributed by atoms with E-state index in [0.717, 1.165) is 41.4 Å². The lowest BCUT2D eigenvalue weighted by Gasteiger charge is -2.61. The van der Waals surface area contributed by atoms with Crippen molar-refractivity contribution in [1.29, 1.82) is 0 Å². The predicted molar refractivity (Wildman–Crippen MR) is 132 cm³/mol. The molecule has 0 bridgehead atoms. The van der Waals surface area contributed by atoms with Crippen molar-refractivity contribution in [3.05, 3.63) is 21.9 Å². The highest BCUT2D eigenvalue weighted by Gasteiger charge is 2.61. The van der Waals surface area contributed by atoms with Crippen molar-refractivity contribution in [3.8, 4) is 11.8 Å². The Hall–Kier alpha value is -1.44. The van der Waals surface area contributed by atoms with E-state index in [1.54, 1.807) is 6.92 Å². The minimum atomic E-state index is -0.923. The third-order valence-corrected chi connectivity index (χ3v) is 11.7. The smallest absolute Gasteiger partial charge is 0.169 e. The number of carbonyl (C=O) groups is 2. The Bertz CT molecular complexity index is 1030. The Balaban J connectivity index is 1.33. The van der Waals surface area contributed by atoms with Gasteiger partial charge in [0.15, 0.2) is 5.78 Å². The minimum Gasteiger partial charge on any atom is -0.378 e. The lowest BCUT2D eigenvalue weighted by molar-refractivity contribution is -0.144. The van der Waals surface area contributed by atoms with Crippen molar-refractivity contribution >= 4 is 22.9 Å². The molecule has 0 spiro atoms. The number of thiophene rings is 1. The van der Waals surface area contributed by atoms with E-state index in [0.29, 0.717) is 23.5 Å². The van der Waals surface area contributed by atoms with Gasteiger partial charge in [-0.05, 0) is 118 Å². The van der Waals surface area contributed by atoms with Gasteiger partial charge in [0.05, 0.1) is 9.75 Å². The summed E-state index contributed by atoms with van der Waals surface area (Å²) in [7, 11) is 0. The van der Waals surface area contributed by atoms with Crippen LogP contribution in [0.25, 0.3) is 0 Å². The zero-order valence-corrected chi connectivity index (χ0v) is 21.4. The van der Waals surface area contributed by atoms with Crippen LogP contribution in [-0.4, -0.2) is 22.3 Å². The number of aliphatic hydroxyl groups is 1. The molecule has 0 radical (unpaired) electrons. The number of Topliss-reactive ketones (excluding diaryl/α,β-unsaturated/α-hetero) is 2. The number of hydrogen-bond acceptors (Lipinski definition) is 4. The number of hydrogen-bond donors (Lipinski definition) is 1. The van der Waals surface area contributed by atoms with Crippen molar-refractivity contribution < 1.29 is 14.7 Å². The van der Waals surface area contributed by atoms with Crippen LogP contribution >= 0.6 is 11.3 Å². The third-order valence-electron chi connectivity index (χ3n) is 10.6. The van der Waals surface area contributed by atoms with E-state index >= 15 is 0 Å². The van der Waals surface area contributed by atoms with Crippen molar-refractivity contribution in [1.82, 2.24) is 0 Å². The van der Waals surface area contributed by atoms with Crippen LogP contribution in [0, 0.1) is 52.3 Å². The summed E-state index contributed by atoms with van der Waals surface area (Å²) in [6.45, 7) is 8.30. The second-order valence-electron chi connectivity index (χ2n) is 12.1. The van der Waals surface area contributed by atoms with Gasteiger partial charge in [-0.1, -0.05) is 25.7 Å². The molecule has 1 N–H and O–H groups in total. The van der Waals surface area contributed by atoms with Gasteiger partial charge < -0.3 is 5.11 Å². The number of ketones is 2. The molecule has 0 amide bonds. The number of fused-ring (bicyclic) bond motifs is 5. The molecule has 4 heteroatoms. The topological polar surface area (TPSA) is 54.4 Å². The molecule has 0 saturated heterocycles.